The molecule has 0 aliphatic rings. The van der Waals surface area contributed by atoms with Gasteiger partial charge in [-0.05, 0) is 0 Å². The zero-order valence-electron chi connectivity index (χ0n) is 19.2. The van der Waals surface area contributed by atoms with Crippen LogP contribution in [0, 0.1) is 19.7 Å². The molecule has 4 rings (SSSR count). The van der Waals surface area contributed by atoms with Crippen LogP contribution < -0.4 is 21.2 Å². The molecule has 0 bridgehead atoms. The van der Waals surface area contributed by atoms with Gasteiger partial charge in [0, 0.05) is 0 Å². The van der Waals surface area contributed by atoms with Crippen LogP contribution in [0.1, 0.15) is 18.1 Å². The van der Waals surface area contributed by atoms with E-state index >= 15 is 0 Å². The molecule has 0 aromatic heterocycles. The van der Waals surface area contributed by atoms with Gasteiger partial charge < -0.3 is 0 Å². The molecule has 4 aromatic rings. The zero-order chi connectivity index (χ0) is 23.4. The molecule has 0 heterocycles. The number of anilines is 1. The van der Waals surface area contributed by atoms with Crippen molar-refractivity contribution in [2.75, 3.05) is 5.32 Å². The topological polar surface area (TPSA) is 29.1 Å². The fourth-order valence-electron chi connectivity index (χ4n) is 4.89. The van der Waals surface area contributed by atoms with E-state index in [2.05, 4.69) is 41.7 Å². The molecule has 0 fully saturated rings. The molecule has 1 atom stereocenters. The van der Waals surface area contributed by atoms with Crippen LogP contribution in [0.5, 0.6) is 0 Å². The van der Waals surface area contributed by atoms with Gasteiger partial charge in [0.1, 0.15) is 0 Å². The van der Waals surface area contributed by atoms with Crippen molar-refractivity contribution in [2.45, 2.75) is 26.4 Å². The van der Waals surface area contributed by atoms with Gasteiger partial charge in [-0.1, -0.05) is 0 Å². The van der Waals surface area contributed by atoms with Gasteiger partial charge in [0.2, 0.25) is 0 Å². The maximum atomic E-state index is 13.9. The number of rotatable bonds is 6. The molecule has 4 aromatic carbocycles. The number of carbonyl (C=O) groups excluding carboxylic acids is 1. The van der Waals surface area contributed by atoms with E-state index in [1.54, 1.807) is 0 Å². The van der Waals surface area contributed by atoms with Gasteiger partial charge in [-0.3, -0.25) is 0 Å². The summed E-state index contributed by atoms with van der Waals surface area (Å²) < 4.78 is 13.9. The summed E-state index contributed by atoms with van der Waals surface area (Å²) in [4.78, 5) is 13.9. The number of benzene rings is 4. The second kappa shape index (κ2) is 9.68. The maximum absolute atomic E-state index is 13.9. The third-order valence-corrected chi connectivity index (χ3v) is 11.8. The Labute approximate surface area is 195 Å². The summed E-state index contributed by atoms with van der Waals surface area (Å²) in [5.41, 5.74) is 1.80. The van der Waals surface area contributed by atoms with Crippen LogP contribution in [0.25, 0.3) is 0 Å². The van der Waals surface area contributed by atoms with E-state index in [1.165, 1.54) is 28.0 Å². The van der Waals surface area contributed by atoms with Crippen molar-refractivity contribution in [3.05, 3.63) is 120 Å². The first-order chi connectivity index (χ1) is 15.9. The van der Waals surface area contributed by atoms with Crippen molar-refractivity contribution in [3.8, 4) is 0 Å². The monoisotopic (exact) mass is 457 g/mol. The van der Waals surface area contributed by atoms with Gasteiger partial charge in [-0.25, -0.2) is 0 Å². The van der Waals surface area contributed by atoms with Crippen molar-refractivity contribution in [1.82, 2.24) is 0 Å². The molecule has 1 unspecified atom stereocenters. The van der Waals surface area contributed by atoms with E-state index in [4.69, 9.17) is 0 Å². The Kier molecular flexibility index (Phi) is 6.72. The van der Waals surface area contributed by atoms with Gasteiger partial charge >= 0.3 is 196 Å². The van der Waals surface area contributed by atoms with Gasteiger partial charge in [0.15, 0.2) is 0 Å². The van der Waals surface area contributed by atoms with Crippen molar-refractivity contribution < 1.29 is 9.18 Å². The van der Waals surface area contributed by atoms with Crippen LogP contribution in [0.4, 0.5) is 10.1 Å². The number of carbonyl (C=O) groups is 1. The molecule has 0 saturated carbocycles. The number of aryl methyl sites for hydroxylation is 2. The predicted molar refractivity (Wildman–Crippen MR) is 141 cm³/mol. The zero-order valence-corrected chi connectivity index (χ0v) is 20.2. The Morgan fingerprint density at radius 1 is 0.727 bits per heavy atom. The van der Waals surface area contributed by atoms with E-state index in [9.17, 15) is 9.18 Å². The number of amides is 1. The first-order valence-electron chi connectivity index (χ1n) is 11.2. The van der Waals surface area contributed by atoms with E-state index < -0.39 is 7.26 Å². The van der Waals surface area contributed by atoms with E-state index in [0.717, 1.165) is 11.1 Å². The second-order valence-corrected chi connectivity index (χ2v) is 12.7. The Morgan fingerprint density at radius 3 is 1.45 bits per heavy atom. The summed E-state index contributed by atoms with van der Waals surface area (Å²) in [6, 6.07) is 34.1. The molecular weight excluding hydrogens is 428 g/mol. The van der Waals surface area contributed by atoms with Crippen LogP contribution in [0.15, 0.2) is 103 Å². The number of hydrogen-bond donors (Lipinski definition) is 1. The summed E-state index contributed by atoms with van der Waals surface area (Å²) in [6.07, 6.45) is 0. The molecule has 0 aliphatic heterocycles. The molecule has 2 nitrogen and oxygen atoms in total. The molecule has 1 amide bonds. The molecule has 1 N–H and O–H groups in total. The standard InChI is InChI=1S/C29H29FNOP/c1-21-19-24(30)20-22(2)28(21)31-29(32)23(3)33(25-13-7-4-8-14-25,26-15-9-5-10-16-26)27-17-11-6-12-18-27/h4-20,23,33H,1-3H3,(H,31,32). The first kappa shape index (κ1) is 22.9. The van der Waals surface area contributed by atoms with E-state index in [-0.39, 0.29) is 17.4 Å². The summed E-state index contributed by atoms with van der Waals surface area (Å²) in [5, 5.41) is 6.68. The van der Waals surface area contributed by atoms with Crippen molar-refractivity contribution >= 4 is 34.8 Å². The third-order valence-electron chi connectivity index (χ3n) is 6.48. The molecule has 0 spiro atoms. The Bertz CT molecular complexity index is 1120. The van der Waals surface area contributed by atoms with Crippen LogP contribution in [0.3, 0.4) is 0 Å². The number of nitrogens with one attached hydrogen (secondary N) is 1. The molecular formula is C29H29FNOP. The van der Waals surface area contributed by atoms with Crippen LogP contribution >= 0.6 is 7.26 Å². The average molecular weight is 458 g/mol. The average Bonchev–Trinajstić information content (AvgIpc) is 2.84. The second-order valence-electron chi connectivity index (χ2n) is 8.53. The summed E-state index contributed by atoms with van der Waals surface area (Å²) in [6.45, 7) is 5.68. The van der Waals surface area contributed by atoms with Crippen LogP contribution in [-0.4, -0.2) is 11.6 Å². The Balaban J connectivity index is 1.91. The number of hydrogen-bond acceptors (Lipinski definition) is 1. The summed E-state index contributed by atoms with van der Waals surface area (Å²) in [5.74, 6) is -0.353. The van der Waals surface area contributed by atoms with E-state index in [0.29, 0.717) is 5.69 Å². The fraction of sp³-hybridized carbons (Fsp3) is 0.138. The number of halogens is 1. The van der Waals surface area contributed by atoms with Crippen LogP contribution in [0.2, 0.25) is 0 Å². The van der Waals surface area contributed by atoms with Crippen molar-refractivity contribution in [1.29, 1.82) is 0 Å². The quantitative estimate of drug-likeness (QED) is 0.381. The van der Waals surface area contributed by atoms with Gasteiger partial charge in [0.25, 0.3) is 0 Å². The molecule has 0 saturated heterocycles. The van der Waals surface area contributed by atoms with Crippen LogP contribution in [-0.2, 0) is 4.79 Å². The van der Waals surface area contributed by atoms with Gasteiger partial charge in [-0.15, -0.1) is 0 Å². The van der Waals surface area contributed by atoms with Gasteiger partial charge in [0.05, 0.1) is 0 Å². The van der Waals surface area contributed by atoms with Gasteiger partial charge in [-0.2, -0.15) is 0 Å². The fourth-order valence-corrected chi connectivity index (χ4v) is 10.0. The molecule has 0 aliphatic carbocycles. The molecule has 0 radical (unpaired) electrons. The molecule has 4 heteroatoms. The minimum atomic E-state index is -2.78. The molecule has 33 heavy (non-hydrogen) atoms. The normalized spacial score (nSPS) is 12.7. The minimum absolute atomic E-state index is 0.0592. The summed E-state index contributed by atoms with van der Waals surface area (Å²) >= 11 is 0. The Hall–Kier alpha value is -3.29. The van der Waals surface area contributed by atoms with Crippen molar-refractivity contribution in [2.24, 2.45) is 0 Å². The SMILES string of the molecule is Cc1cc(F)cc(C)c1NC(=O)C(C)[PH](c1ccccc1)(c1ccccc1)c1ccccc1. The summed E-state index contributed by atoms with van der Waals surface area (Å²) in [7, 11) is -2.78. The third kappa shape index (κ3) is 4.34. The van der Waals surface area contributed by atoms with Crippen molar-refractivity contribution in [3.63, 3.8) is 0 Å². The molecule has 168 valence electrons. The predicted octanol–water partition coefficient (Wildman–Crippen LogP) is 5.50. The Morgan fingerprint density at radius 2 is 1.09 bits per heavy atom. The van der Waals surface area contributed by atoms with E-state index in [1.807, 2.05) is 75.4 Å². The first-order valence-corrected chi connectivity index (χ1v) is 13.3.